The van der Waals surface area contributed by atoms with Crippen LogP contribution < -0.4 is 5.32 Å². The van der Waals surface area contributed by atoms with Gasteiger partial charge in [-0.1, -0.05) is 61.2 Å². The Morgan fingerprint density at radius 3 is 2.60 bits per heavy atom. The molecule has 0 saturated heterocycles. The van der Waals surface area contributed by atoms with Gasteiger partial charge in [0.1, 0.15) is 11.6 Å². The monoisotopic (exact) mass is 417 g/mol. The zero-order valence-electron chi connectivity index (χ0n) is 16.8. The Balaban J connectivity index is 1.63. The van der Waals surface area contributed by atoms with Crippen molar-refractivity contribution in [2.75, 3.05) is 0 Å². The Bertz CT molecular complexity index is 1120. The Hall–Kier alpha value is -3.03. The van der Waals surface area contributed by atoms with E-state index in [0.29, 0.717) is 11.6 Å². The summed E-state index contributed by atoms with van der Waals surface area (Å²) in [6.07, 6.45) is 9.18. The van der Waals surface area contributed by atoms with Crippen LogP contribution in [0.4, 0.5) is 0 Å². The number of nitrogens with zero attached hydrogens (tertiary/aromatic N) is 2. The van der Waals surface area contributed by atoms with Crippen LogP contribution in [0.2, 0.25) is 5.02 Å². The van der Waals surface area contributed by atoms with Gasteiger partial charge in [0.2, 0.25) is 0 Å². The molecule has 152 valence electrons. The second-order valence-corrected chi connectivity index (χ2v) is 8.27. The Labute approximate surface area is 181 Å². The van der Waals surface area contributed by atoms with E-state index >= 15 is 0 Å². The van der Waals surface area contributed by atoms with Crippen LogP contribution >= 0.6 is 11.6 Å². The first-order valence-corrected chi connectivity index (χ1v) is 10.8. The van der Waals surface area contributed by atoms with Gasteiger partial charge in [0.05, 0.1) is 0 Å². The molecule has 3 aromatic rings. The number of hydrogen-bond donors (Lipinski definition) is 1. The van der Waals surface area contributed by atoms with Crippen molar-refractivity contribution < 1.29 is 4.79 Å². The molecule has 4 rings (SSSR count). The molecule has 5 heteroatoms. The van der Waals surface area contributed by atoms with Gasteiger partial charge < -0.3 is 9.88 Å². The highest BCUT2D eigenvalue weighted by Crippen LogP contribution is 2.25. The van der Waals surface area contributed by atoms with Crippen molar-refractivity contribution in [3.05, 3.63) is 76.5 Å². The fourth-order valence-corrected chi connectivity index (χ4v) is 4.25. The van der Waals surface area contributed by atoms with Crippen molar-refractivity contribution in [1.29, 1.82) is 5.26 Å². The molecule has 4 nitrogen and oxygen atoms in total. The summed E-state index contributed by atoms with van der Waals surface area (Å²) in [5, 5.41) is 14.4. The normalized spacial score (nSPS) is 15.1. The zero-order chi connectivity index (χ0) is 20.9. The van der Waals surface area contributed by atoms with E-state index in [2.05, 4.69) is 22.0 Å². The number of para-hydroxylation sites is 1. The summed E-state index contributed by atoms with van der Waals surface area (Å²) in [6.45, 7) is 0.682. The fourth-order valence-electron chi connectivity index (χ4n) is 4.12. The molecule has 1 fully saturated rings. The predicted molar refractivity (Wildman–Crippen MR) is 121 cm³/mol. The fraction of sp³-hybridized carbons (Fsp3) is 0.280. The standard InChI is InChI=1S/C25H24ClN3O/c26-21-12-10-18(11-13-21)16-29-17-20(23-8-4-5-9-24(23)29)14-19(15-27)25(30)28-22-6-2-1-3-7-22/h4-5,8-14,17,22H,1-3,6-7,16H2,(H,28,30)/b19-14+. The van der Waals surface area contributed by atoms with E-state index in [1.165, 1.54) is 6.42 Å². The van der Waals surface area contributed by atoms with Crippen molar-refractivity contribution in [2.45, 2.75) is 44.7 Å². The third kappa shape index (κ3) is 4.58. The highest BCUT2D eigenvalue weighted by molar-refractivity contribution is 6.30. The predicted octanol–water partition coefficient (Wildman–Crippen LogP) is 5.70. The number of halogens is 1. The average molecular weight is 418 g/mol. The first kappa shape index (κ1) is 20.3. The van der Waals surface area contributed by atoms with Gasteiger partial charge >= 0.3 is 0 Å². The Morgan fingerprint density at radius 2 is 1.87 bits per heavy atom. The lowest BCUT2D eigenvalue weighted by molar-refractivity contribution is -0.117. The lowest BCUT2D eigenvalue weighted by Gasteiger charge is -2.22. The van der Waals surface area contributed by atoms with E-state index in [0.717, 1.165) is 47.7 Å². The average Bonchev–Trinajstić information content (AvgIpc) is 3.11. The minimum atomic E-state index is -0.279. The largest absolute Gasteiger partial charge is 0.349 e. The topological polar surface area (TPSA) is 57.8 Å². The van der Waals surface area contributed by atoms with Gasteiger partial charge in [0, 0.05) is 40.3 Å². The van der Waals surface area contributed by atoms with Crippen molar-refractivity contribution in [3.63, 3.8) is 0 Å². The molecule has 1 aliphatic carbocycles. The number of nitriles is 1. The quantitative estimate of drug-likeness (QED) is 0.427. The molecule has 1 heterocycles. The summed E-state index contributed by atoms with van der Waals surface area (Å²) in [5.74, 6) is -0.279. The molecule has 1 N–H and O–H groups in total. The van der Waals surface area contributed by atoms with E-state index < -0.39 is 0 Å². The van der Waals surface area contributed by atoms with Crippen LogP contribution in [0.15, 0.2) is 60.3 Å². The molecule has 30 heavy (non-hydrogen) atoms. The number of amides is 1. The number of fused-ring (bicyclic) bond motifs is 1. The molecule has 0 radical (unpaired) electrons. The number of rotatable bonds is 5. The second kappa shape index (κ2) is 9.19. The Kier molecular flexibility index (Phi) is 6.21. The first-order chi connectivity index (χ1) is 14.6. The molecule has 1 amide bonds. The van der Waals surface area contributed by atoms with E-state index in [1.54, 1.807) is 6.08 Å². The van der Waals surface area contributed by atoms with Crippen molar-refractivity contribution >= 4 is 34.5 Å². The number of benzene rings is 2. The third-order valence-electron chi connectivity index (χ3n) is 5.69. The number of carbonyl (C=O) groups excluding carboxylic acids is 1. The van der Waals surface area contributed by atoms with Crippen LogP contribution in [0.3, 0.4) is 0 Å². The van der Waals surface area contributed by atoms with Gasteiger partial charge in [-0.3, -0.25) is 4.79 Å². The SMILES string of the molecule is N#C/C(=C\c1cn(Cc2ccc(Cl)cc2)c2ccccc12)C(=O)NC1CCCCC1. The van der Waals surface area contributed by atoms with Crippen LogP contribution in [0, 0.1) is 11.3 Å². The second-order valence-electron chi connectivity index (χ2n) is 7.83. The molecule has 1 aromatic heterocycles. The van der Waals surface area contributed by atoms with E-state index in [9.17, 15) is 10.1 Å². The molecule has 1 saturated carbocycles. The van der Waals surface area contributed by atoms with Gasteiger partial charge in [-0.2, -0.15) is 5.26 Å². The molecule has 2 aromatic carbocycles. The van der Waals surface area contributed by atoms with Crippen LogP contribution in [0.25, 0.3) is 17.0 Å². The number of aromatic nitrogens is 1. The van der Waals surface area contributed by atoms with Gasteiger partial charge in [0.25, 0.3) is 5.91 Å². The van der Waals surface area contributed by atoms with E-state index in [-0.39, 0.29) is 17.5 Å². The molecule has 0 bridgehead atoms. The lowest BCUT2D eigenvalue weighted by atomic mass is 9.95. The van der Waals surface area contributed by atoms with Crippen LogP contribution in [0.5, 0.6) is 0 Å². The first-order valence-electron chi connectivity index (χ1n) is 10.4. The van der Waals surface area contributed by atoms with Crippen molar-refractivity contribution in [2.24, 2.45) is 0 Å². The molecule has 1 aliphatic rings. The molecule has 0 aliphatic heterocycles. The molecule has 0 atom stereocenters. The molecular formula is C25H24ClN3O. The summed E-state index contributed by atoms with van der Waals surface area (Å²) in [4.78, 5) is 12.7. The zero-order valence-corrected chi connectivity index (χ0v) is 17.5. The number of hydrogen-bond acceptors (Lipinski definition) is 2. The maximum Gasteiger partial charge on any atom is 0.262 e. The summed E-state index contributed by atoms with van der Waals surface area (Å²) in [7, 11) is 0. The molecule has 0 spiro atoms. The van der Waals surface area contributed by atoms with Crippen LogP contribution in [-0.2, 0) is 11.3 Å². The highest BCUT2D eigenvalue weighted by Gasteiger charge is 2.18. The number of carbonyl (C=O) groups is 1. The molecule has 0 unspecified atom stereocenters. The lowest BCUT2D eigenvalue weighted by Crippen LogP contribution is -2.36. The van der Waals surface area contributed by atoms with Gasteiger partial charge in [-0.15, -0.1) is 0 Å². The minimum Gasteiger partial charge on any atom is -0.349 e. The van der Waals surface area contributed by atoms with Gasteiger partial charge in [-0.05, 0) is 42.7 Å². The summed E-state index contributed by atoms with van der Waals surface area (Å²) < 4.78 is 2.14. The highest BCUT2D eigenvalue weighted by atomic mass is 35.5. The van der Waals surface area contributed by atoms with Crippen molar-refractivity contribution in [1.82, 2.24) is 9.88 Å². The Morgan fingerprint density at radius 1 is 1.13 bits per heavy atom. The van der Waals surface area contributed by atoms with E-state index in [4.69, 9.17) is 11.6 Å². The maximum atomic E-state index is 12.7. The van der Waals surface area contributed by atoms with Crippen LogP contribution in [-0.4, -0.2) is 16.5 Å². The van der Waals surface area contributed by atoms with E-state index in [1.807, 2.05) is 48.7 Å². The molecular weight excluding hydrogens is 394 g/mol. The smallest absolute Gasteiger partial charge is 0.262 e. The summed E-state index contributed by atoms with van der Waals surface area (Å²) in [6, 6.07) is 18.1. The van der Waals surface area contributed by atoms with Crippen molar-refractivity contribution in [3.8, 4) is 6.07 Å². The van der Waals surface area contributed by atoms with Gasteiger partial charge in [0.15, 0.2) is 0 Å². The maximum absolute atomic E-state index is 12.7. The van der Waals surface area contributed by atoms with Gasteiger partial charge in [-0.25, -0.2) is 0 Å². The summed E-state index contributed by atoms with van der Waals surface area (Å²) >= 11 is 6.00. The van der Waals surface area contributed by atoms with Crippen LogP contribution in [0.1, 0.15) is 43.2 Å². The minimum absolute atomic E-state index is 0.148. The number of nitrogens with one attached hydrogen (secondary N) is 1. The third-order valence-corrected chi connectivity index (χ3v) is 5.94. The summed E-state index contributed by atoms with van der Waals surface area (Å²) in [5.41, 5.74) is 3.21.